The third-order valence-corrected chi connectivity index (χ3v) is 2.53. The molecule has 0 aliphatic heterocycles. The van der Waals surface area contributed by atoms with E-state index in [-0.39, 0.29) is 6.61 Å². The van der Waals surface area contributed by atoms with E-state index in [0.29, 0.717) is 6.07 Å². The number of ketones is 1. The van der Waals surface area contributed by atoms with Crippen molar-refractivity contribution in [3.05, 3.63) is 33.6 Å². The van der Waals surface area contributed by atoms with E-state index in [0.717, 1.165) is 0 Å². The van der Waals surface area contributed by atoms with Gasteiger partial charge in [0.2, 0.25) is 0 Å². The minimum Gasteiger partial charge on any atom is -0.460 e. The monoisotopic (exact) mass is 310 g/mol. The first-order chi connectivity index (χ1) is 7.90. The largest absolute Gasteiger partial charge is 0.460 e. The van der Waals surface area contributed by atoms with Crippen LogP contribution in [0.1, 0.15) is 17.3 Å². The second kappa shape index (κ2) is 5.31. The molecule has 1 aromatic carbocycles. The molecule has 17 heavy (non-hydrogen) atoms. The van der Waals surface area contributed by atoms with E-state index in [1.165, 1.54) is 6.92 Å². The molecule has 0 bridgehead atoms. The molecule has 0 spiro atoms. The maximum absolute atomic E-state index is 13.4. The van der Waals surface area contributed by atoms with Gasteiger partial charge in [-0.25, -0.2) is 18.0 Å². The quantitative estimate of drug-likeness (QED) is 0.283. The minimum absolute atomic E-state index is 0.115. The average molecular weight is 311 g/mol. The number of carbonyl (C=O) groups excluding carboxylic acids is 2. The summed E-state index contributed by atoms with van der Waals surface area (Å²) in [5.41, 5.74) is -1.14. The first kappa shape index (κ1) is 13.7. The van der Waals surface area contributed by atoms with Gasteiger partial charge in [0.1, 0.15) is 17.2 Å². The maximum atomic E-state index is 13.4. The molecule has 0 heterocycles. The average Bonchev–Trinajstić information content (AvgIpc) is 2.26. The Morgan fingerprint density at radius 1 is 1.29 bits per heavy atom. The van der Waals surface area contributed by atoms with E-state index in [9.17, 15) is 22.8 Å². The predicted octanol–water partition coefficient (Wildman–Crippen LogP) is 2.61. The summed E-state index contributed by atoms with van der Waals surface area (Å²) < 4.78 is 43.1. The van der Waals surface area contributed by atoms with Crippen LogP contribution in [0.2, 0.25) is 0 Å². The Morgan fingerprint density at radius 2 is 1.88 bits per heavy atom. The summed E-state index contributed by atoms with van der Waals surface area (Å²) in [5.74, 6) is -7.03. The van der Waals surface area contributed by atoms with Crippen molar-refractivity contribution >= 4 is 27.7 Å². The molecule has 0 radical (unpaired) electrons. The van der Waals surface area contributed by atoms with Gasteiger partial charge in [0.15, 0.2) is 5.82 Å². The van der Waals surface area contributed by atoms with Crippen molar-refractivity contribution in [3.63, 3.8) is 0 Å². The lowest BCUT2D eigenvalue weighted by Crippen LogP contribution is -2.20. The number of ether oxygens (including phenoxy) is 1. The van der Waals surface area contributed by atoms with Crippen LogP contribution in [-0.2, 0) is 9.53 Å². The molecular weight excluding hydrogens is 305 g/mol. The number of hydrogen-bond donors (Lipinski definition) is 0. The van der Waals surface area contributed by atoms with Crippen molar-refractivity contribution in [2.45, 2.75) is 6.92 Å². The fourth-order valence-electron chi connectivity index (χ4n) is 1.07. The van der Waals surface area contributed by atoms with E-state index in [4.69, 9.17) is 0 Å². The topological polar surface area (TPSA) is 43.4 Å². The molecule has 0 unspecified atom stereocenters. The van der Waals surface area contributed by atoms with Crippen LogP contribution in [-0.4, -0.2) is 18.4 Å². The second-order valence-corrected chi connectivity index (χ2v) is 3.69. The van der Waals surface area contributed by atoms with Gasteiger partial charge in [0, 0.05) is 6.07 Å². The van der Waals surface area contributed by atoms with Gasteiger partial charge < -0.3 is 4.74 Å². The highest BCUT2D eigenvalue weighted by molar-refractivity contribution is 9.10. The standard InChI is InChI=1S/C10H6BrF3O3/c1-2-17-10(16)9(15)6-4(12)3-5(13)7(11)8(6)14/h3H,2H2,1H3. The predicted molar refractivity (Wildman–Crippen MR) is 55.0 cm³/mol. The van der Waals surface area contributed by atoms with Crippen molar-refractivity contribution in [3.8, 4) is 0 Å². The third kappa shape index (κ3) is 2.66. The van der Waals surface area contributed by atoms with Gasteiger partial charge in [-0.3, -0.25) is 4.79 Å². The molecule has 0 atom stereocenters. The number of halogens is 4. The van der Waals surface area contributed by atoms with Gasteiger partial charge in [-0.2, -0.15) is 0 Å². The fourth-order valence-corrected chi connectivity index (χ4v) is 1.39. The van der Waals surface area contributed by atoms with E-state index >= 15 is 0 Å². The van der Waals surface area contributed by atoms with Gasteiger partial charge >= 0.3 is 5.97 Å². The van der Waals surface area contributed by atoms with Crippen LogP contribution in [0.5, 0.6) is 0 Å². The summed E-state index contributed by atoms with van der Waals surface area (Å²) in [5, 5.41) is 0. The van der Waals surface area contributed by atoms with E-state index in [1.54, 1.807) is 0 Å². The lowest BCUT2D eigenvalue weighted by Gasteiger charge is -2.06. The first-order valence-electron chi connectivity index (χ1n) is 4.44. The van der Waals surface area contributed by atoms with Crippen molar-refractivity contribution in [2.75, 3.05) is 6.61 Å². The zero-order valence-electron chi connectivity index (χ0n) is 8.52. The van der Waals surface area contributed by atoms with Crippen LogP contribution in [0.25, 0.3) is 0 Å². The molecule has 92 valence electrons. The Bertz CT molecular complexity index is 488. The van der Waals surface area contributed by atoms with Gasteiger partial charge in [-0.05, 0) is 22.9 Å². The first-order valence-corrected chi connectivity index (χ1v) is 5.23. The van der Waals surface area contributed by atoms with E-state index in [2.05, 4.69) is 20.7 Å². The highest BCUT2D eigenvalue weighted by Gasteiger charge is 2.28. The number of esters is 1. The van der Waals surface area contributed by atoms with Crippen LogP contribution >= 0.6 is 15.9 Å². The third-order valence-electron chi connectivity index (χ3n) is 1.80. The molecule has 0 N–H and O–H groups in total. The van der Waals surface area contributed by atoms with Crippen LogP contribution in [0.4, 0.5) is 13.2 Å². The molecular formula is C10H6BrF3O3. The molecule has 0 aliphatic carbocycles. The maximum Gasteiger partial charge on any atom is 0.379 e. The van der Waals surface area contributed by atoms with E-state index in [1.807, 2.05) is 0 Å². The Labute approximate surface area is 103 Å². The number of Topliss-reactive ketones (excluding diaryl/α,β-unsaturated/α-hetero) is 1. The van der Waals surface area contributed by atoms with Crippen LogP contribution in [0, 0.1) is 17.5 Å². The molecule has 0 saturated heterocycles. The van der Waals surface area contributed by atoms with E-state index < -0.39 is 39.2 Å². The Balaban J connectivity index is 3.28. The molecule has 0 amide bonds. The van der Waals surface area contributed by atoms with Gasteiger partial charge in [0.25, 0.3) is 5.78 Å². The number of carbonyl (C=O) groups is 2. The number of hydrogen-bond acceptors (Lipinski definition) is 3. The number of benzene rings is 1. The zero-order valence-corrected chi connectivity index (χ0v) is 10.1. The van der Waals surface area contributed by atoms with Gasteiger partial charge in [-0.1, -0.05) is 0 Å². The Kier molecular flexibility index (Phi) is 4.28. The van der Waals surface area contributed by atoms with Crippen LogP contribution in [0.15, 0.2) is 10.5 Å². The van der Waals surface area contributed by atoms with Crippen LogP contribution in [0.3, 0.4) is 0 Å². The normalized spacial score (nSPS) is 10.2. The van der Waals surface area contributed by atoms with Crippen molar-refractivity contribution in [2.24, 2.45) is 0 Å². The summed E-state index contributed by atoms with van der Waals surface area (Å²) >= 11 is 2.50. The molecule has 1 rings (SSSR count). The van der Waals surface area contributed by atoms with Crippen molar-refractivity contribution < 1.29 is 27.5 Å². The molecule has 0 saturated carbocycles. The Morgan fingerprint density at radius 3 is 2.41 bits per heavy atom. The van der Waals surface area contributed by atoms with Crippen molar-refractivity contribution in [1.82, 2.24) is 0 Å². The van der Waals surface area contributed by atoms with Crippen molar-refractivity contribution in [1.29, 1.82) is 0 Å². The molecule has 3 nitrogen and oxygen atoms in total. The summed E-state index contributed by atoms with van der Waals surface area (Å²) in [6.45, 7) is 1.31. The second-order valence-electron chi connectivity index (χ2n) is 2.89. The zero-order chi connectivity index (χ0) is 13.2. The van der Waals surface area contributed by atoms with Gasteiger partial charge in [-0.15, -0.1) is 0 Å². The fraction of sp³-hybridized carbons (Fsp3) is 0.200. The summed E-state index contributed by atoms with van der Waals surface area (Å²) in [6, 6.07) is 0.305. The lowest BCUT2D eigenvalue weighted by atomic mass is 10.1. The minimum atomic E-state index is -1.50. The molecule has 0 fully saturated rings. The molecule has 1 aromatic rings. The summed E-state index contributed by atoms with van der Waals surface area (Å²) in [6.07, 6.45) is 0. The molecule has 7 heteroatoms. The molecule has 0 aromatic heterocycles. The highest BCUT2D eigenvalue weighted by Crippen LogP contribution is 2.25. The number of rotatable bonds is 3. The molecule has 0 aliphatic rings. The van der Waals surface area contributed by atoms with Gasteiger partial charge in [0.05, 0.1) is 11.1 Å². The summed E-state index contributed by atoms with van der Waals surface area (Å²) in [4.78, 5) is 22.4. The highest BCUT2D eigenvalue weighted by atomic mass is 79.9. The summed E-state index contributed by atoms with van der Waals surface area (Å²) in [7, 11) is 0. The SMILES string of the molecule is CCOC(=O)C(=O)c1c(F)cc(F)c(Br)c1F. The van der Waals surface area contributed by atoms with Crippen LogP contribution < -0.4 is 0 Å². The smallest absolute Gasteiger partial charge is 0.379 e. The Hall–Kier alpha value is -1.37. The lowest BCUT2D eigenvalue weighted by molar-refractivity contribution is -0.137.